The van der Waals surface area contributed by atoms with E-state index in [1.165, 1.54) is 16.8 Å². The number of hydrogen-bond acceptors (Lipinski definition) is 2. The Balaban J connectivity index is 1.68. The predicted molar refractivity (Wildman–Crippen MR) is 153 cm³/mol. The van der Waals surface area contributed by atoms with Crippen LogP contribution in [-0.4, -0.2) is 14.7 Å². The Kier molecular flexibility index (Phi) is 6.62. The van der Waals surface area contributed by atoms with E-state index in [4.69, 9.17) is 28.8 Å². The van der Waals surface area contributed by atoms with Gasteiger partial charge in [0.05, 0.1) is 17.8 Å². The lowest BCUT2D eigenvalue weighted by atomic mass is 9.96. The molecule has 0 saturated carbocycles. The first-order chi connectivity index (χ1) is 17.3. The molecular weight excluding hydrogens is 484 g/mol. The number of anilines is 1. The lowest BCUT2D eigenvalue weighted by molar-refractivity contribution is 0.565. The molecule has 2 aromatic heterocycles. The lowest BCUT2D eigenvalue weighted by Crippen LogP contribution is -2.29. The maximum atomic E-state index is 6.51. The van der Waals surface area contributed by atoms with Gasteiger partial charge >= 0.3 is 0 Å². The Morgan fingerprint density at radius 3 is 2.39 bits per heavy atom. The molecule has 2 aromatic carbocycles. The van der Waals surface area contributed by atoms with Gasteiger partial charge in [-0.05, 0) is 98.1 Å². The molecule has 184 valence electrons. The van der Waals surface area contributed by atoms with Gasteiger partial charge in [0.2, 0.25) is 0 Å². The molecule has 3 heterocycles. The Hall–Kier alpha value is -3.15. The van der Waals surface area contributed by atoms with Crippen molar-refractivity contribution in [2.24, 2.45) is 0 Å². The molecule has 1 aliphatic rings. The zero-order valence-corrected chi connectivity index (χ0v) is 22.9. The molecule has 0 aliphatic carbocycles. The SMILES string of the molecule is Cc1c(Cl)cccc1-n1c(C)cc([C@H]2[C@H](c3ccccn3)NC(=S)N2c2ccc(C(C)C)cc2)c1C. The summed E-state index contributed by atoms with van der Waals surface area (Å²) in [6.07, 6.45) is 1.84. The van der Waals surface area contributed by atoms with E-state index >= 15 is 0 Å². The predicted octanol–water partition coefficient (Wildman–Crippen LogP) is 7.75. The van der Waals surface area contributed by atoms with Crippen LogP contribution in [0, 0.1) is 20.8 Å². The van der Waals surface area contributed by atoms with Crippen LogP contribution < -0.4 is 10.2 Å². The number of halogens is 1. The number of hydrogen-bond donors (Lipinski definition) is 1. The summed E-state index contributed by atoms with van der Waals surface area (Å²) in [6.45, 7) is 10.8. The number of aryl methyl sites for hydroxylation is 1. The van der Waals surface area contributed by atoms with Crippen LogP contribution in [0.25, 0.3) is 5.69 Å². The largest absolute Gasteiger partial charge is 0.351 e. The zero-order chi connectivity index (χ0) is 25.6. The highest BCUT2D eigenvalue weighted by Gasteiger charge is 2.42. The van der Waals surface area contributed by atoms with Crippen LogP contribution in [0.4, 0.5) is 5.69 Å². The van der Waals surface area contributed by atoms with Gasteiger partial charge in [-0.1, -0.05) is 49.7 Å². The summed E-state index contributed by atoms with van der Waals surface area (Å²) in [5.74, 6) is 0.472. The monoisotopic (exact) mass is 514 g/mol. The molecule has 1 saturated heterocycles. The van der Waals surface area contributed by atoms with E-state index in [0.29, 0.717) is 11.0 Å². The maximum Gasteiger partial charge on any atom is 0.174 e. The second-order valence-electron chi connectivity index (χ2n) is 9.79. The van der Waals surface area contributed by atoms with E-state index in [-0.39, 0.29) is 12.1 Å². The zero-order valence-electron chi connectivity index (χ0n) is 21.3. The van der Waals surface area contributed by atoms with Gasteiger partial charge in [-0.2, -0.15) is 0 Å². The Bertz CT molecular complexity index is 1410. The highest BCUT2D eigenvalue weighted by atomic mass is 35.5. The normalized spacial score (nSPS) is 17.6. The van der Waals surface area contributed by atoms with Crippen LogP contribution in [-0.2, 0) is 0 Å². The molecule has 5 rings (SSSR count). The third-order valence-electron chi connectivity index (χ3n) is 7.20. The second kappa shape index (κ2) is 9.72. The molecule has 4 nitrogen and oxygen atoms in total. The summed E-state index contributed by atoms with van der Waals surface area (Å²) >= 11 is 12.4. The van der Waals surface area contributed by atoms with Crippen molar-refractivity contribution in [2.45, 2.75) is 52.6 Å². The van der Waals surface area contributed by atoms with Crippen LogP contribution in [0.5, 0.6) is 0 Å². The fourth-order valence-corrected chi connectivity index (χ4v) is 5.78. The number of nitrogens with one attached hydrogen (secondary N) is 1. The number of rotatable bonds is 5. The first kappa shape index (κ1) is 24.5. The van der Waals surface area contributed by atoms with Crippen molar-refractivity contribution >= 4 is 34.6 Å². The van der Waals surface area contributed by atoms with Crippen LogP contribution >= 0.6 is 23.8 Å². The highest BCUT2D eigenvalue weighted by molar-refractivity contribution is 7.80. The second-order valence-corrected chi connectivity index (χ2v) is 10.6. The summed E-state index contributed by atoms with van der Waals surface area (Å²) in [4.78, 5) is 6.95. The topological polar surface area (TPSA) is 33.1 Å². The molecule has 1 N–H and O–H groups in total. The van der Waals surface area contributed by atoms with Gasteiger partial charge in [0, 0.05) is 34.0 Å². The number of pyridine rings is 1. The third kappa shape index (κ3) is 4.21. The fraction of sp³-hybridized carbons (Fsp3) is 0.267. The number of nitrogens with zero attached hydrogens (tertiary/aromatic N) is 3. The van der Waals surface area contributed by atoms with Gasteiger partial charge in [0.1, 0.15) is 0 Å². The van der Waals surface area contributed by atoms with Gasteiger partial charge in [-0.15, -0.1) is 0 Å². The molecule has 1 fully saturated rings. The first-order valence-electron chi connectivity index (χ1n) is 12.3. The fourth-order valence-electron chi connectivity index (χ4n) is 5.26. The lowest BCUT2D eigenvalue weighted by Gasteiger charge is -2.28. The standard InChI is InChI=1S/C30H31ClN4S/c1-18(2)22-12-14-23(15-13-22)35-29(28(33-30(35)36)26-10-6-7-16-32-26)24-17-19(3)34(21(24)5)27-11-8-9-25(31)20(27)4/h6-18,28-29H,1-5H3,(H,33,36)/t28-,29-/m0/s1. The summed E-state index contributed by atoms with van der Waals surface area (Å²) in [5.41, 5.74) is 9.04. The van der Waals surface area contributed by atoms with E-state index in [2.05, 4.69) is 91.9 Å². The smallest absolute Gasteiger partial charge is 0.174 e. The number of aromatic nitrogens is 2. The third-order valence-corrected chi connectivity index (χ3v) is 7.93. The van der Waals surface area contributed by atoms with E-state index in [1.54, 1.807) is 0 Å². The van der Waals surface area contributed by atoms with Crippen molar-refractivity contribution in [3.05, 3.63) is 112 Å². The van der Waals surface area contributed by atoms with Crippen LogP contribution in [0.15, 0.2) is 72.9 Å². The minimum atomic E-state index is -0.0853. The summed E-state index contributed by atoms with van der Waals surface area (Å²) in [5, 5.41) is 5.06. The number of benzene rings is 2. The average molecular weight is 515 g/mol. The maximum absolute atomic E-state index is 6.51. The van der Waals surface area contributed by atoms with Crippen LogP contribution in [0.2, 0.25) is 5.02 Å². The molecule has 0 spiro atoms. The molecule has 4 aromatic rings. The molecule has 0 bridgehead atoms. The van der Waals surface area contributed by atoms with Gasteiger partial charge in [0.15, 0.2) is 5.11 Å². The van der Waals surface area contributed by atoms with E-state index in [0.717, 1.165) is 33.3 Å². The van der Waals surface area contributed by atoms with Crippen molar-refractivity contribution in [3.8, 4) is 5.69 Å². The Morgan fingerprint density at radius 2 is 1.72 bits per heavy atom. The molecule has 0 unspecified atom stereocenters. The highest BCUT2D eigenvalue weighted by Crippen LogP contribution is 2.44. The van der Waals surface area contributed by atoms with E-state index in [1.807, 2.05) is 30.5 Å². The minimum absolute atomic E-state index is 0.0586. The van der Waals surface area contributed by atoms with Crippen LogP contribution in [0.3, 0.4) is 0 Å². The average Bonchev–Trinajstić information content (AvgIpc) is 3.36. The summed E-state index contributed by atoms with van der Waals surface area (Å²) < 4.78 is 2.30. The molecular formula is C30H31ClN4S. The Labute approximate surface area is 223 Å². The van der Waals surface area contributed by atoms with Crippen molar-refractivity contribution in [1.82, 2.24) is 14.9 Å². The summed E-state index contributed by atoms with van der Waals surface area (Å²) in [7, 11) is 0. The molecule has 0 radical (unpaired) electrons. The van der Waals surface area contributed by atoms with E-state index < -0.39 is 0 Å². The quantitative estimate of drug-likeness (QED) is 0.276. The van der Waals surface area contributed by atoms with Gasteiger partial charge in [0.25, 0.3) is 0 Å². The molecule has 1 aliphatic heterocycles. The van der Waals surface area contributed by atoms with Crippen molar-refractivity contribution in [3.63, 3.8) is 0 Å². The van der Waals surface area contributed by atoms with Crippen molar-refractivity contribution in [1.29, 1.82) is 0 Å². The molecule has 6 heteroatoms. The molecule has 36 heavy (non-hydrogen) atoms. The summed E-state index contributed by atoms with van der Waals surface area (Å²) in [6, 6.07) is 23.0. The van der Waals surface area contributed by atoms with Crippen molar-refractivity contribution in [2.75, 3.05) is 4.90 Å². The molecule has 2 atom stereocenters. The van der Waals surface area contributed by atoms with Crippen LogP contribution in [0.1, 0.15) is 65.6 Å². The van der Waals surface area contributed by atoms with Crippen molar-refractivity contribution < 1.29 is 0 Å². The number of thiocarbonyl (C=S) groups is 1. The first-order valence-corrected chi connectivity index (χ1v) is 13.1. The minimum Gasteiger partial charge on any atom is -0.351 e. The van der Waals surface area contributed by atoms with Gasteiger partial charge < -0.3 is 14.8 Å². The van der Waals surface area contributed by atoms with Gasteiger partial charge in [-0.25, -0.2) is 0 Å². The van der Waals surface area contributed by atoms with Gasteiger partial charge in [-0.3, -0.25) is 4.98 Å². The Morgan fingerprint density at radius 1 is 0.972 bits per heavy atom. The molecule has 0 amide bonds. The van der Waals surface area contributed by atoms with E-state index in [9.17, 15) is 0 Å².